The van der Waals surface area contributed by atoms with E-state index in [1.807, 2.05) is 22.6 Å². The van der Waals surface area contributed by atoms with E-state index in [2.05, 4.69) is 10.6 Å². The van der Waals surface area contributed by atoms with Crippen molar-refractivity contribution in [1.29, 1.82) is 0 Å². The summed E-state index contributed by atoms with van der Waals surface area (Å²) in [6.45, 7) is 1.82. The summed E-state index contributed by atoms with van der Waals surface area (Å²) in [5.41, 5.74) is 0.543. The number of amides is 1. The SMILES string of the molecule is O=C(NC1CCCCNC1)c1ccc(F)cc1I. The number of hydrogen-bond donors (Lipinski definition) is 2. The Balaban J connectivity index is 2.02. The lowest BCUT2D eigenvalue weighted by molar-refractivity contribution is 0.0934. The van der Waals surface area contributed by atoms with E-state index < -0.39 is 0 Å². The molecule has 3 nitrogen and oxygen atoms in total. The summed E-state index contributed by atoms with van der Waals surface area (Å²) in [5.74, 6) is -0.430. The molecule has 1 fully saturated rings. The minimum atomic E-state index is -0.313. The molecule has 1 aromatic carbocycles. The maximum absolute atomic E-state index is 13.0. The van der Waals surface area contributed by atoms with Crippen LogP contribution in [0.15, 0.2) is 18.2 Å². The second-order valence-electron chi connectivity index (χ2n) is 4.49. The Labute approximate surface area is 120 Å². The summed E-state index contributed by atoms with van der Waals surface area (Å²) in [4.78, 5) is 12.1. The Morgan fingerprint density at radius 3 is 3.06 bits per heavy atom. The molecule has 0 radical (unpaired) electrons. The maximum atomic E-state index is 13.0. The molecule has 0 spiro atoms. The predicted octanol–water partition coefficient (Wildman–Crippen LogP) is 2.30. The smallest absolute Gasteiger partial charge is 0.252 e. The van der Waals surface area contributed by atoms with Crippen LogP contribution in [0.2, 0.25) is 0 Å². The molecule has 1 aromatic rings. The van der Waals surface area contributed by atoms with Crippen molar-refractivity contribution in [1.82, 2.24) is 10.6 Å². The first-order chi connectivity index (χ1) is 8.66. The Morgan fingerprint density at radius 1 is 1.44 bits per heavy atom. The molecule has 98 valence electrons. The van der Waals surface area contributed by atoms with Crippen molar-refractivity contribution in [3.05, 3.63) is 33.1 Å². The third kappa shape index (κ3) is 3.65. The van der Waals surface area contributed by atoms with Crippen LogP contribution in [0.3, 0.4) is 0 Å². The molecule has 1 heterocycles. The molecule has 1 unspecified atom stereocenters. The average molecular weight is 362 g/mol. The molecule has 2 N–H and O–H groups in total. The number of benzene rings is 1. The topological polar surface area (TPSA) is 41.1 Å². The molecule has 5 heteroatoms. The van der Waals surface area contributed by atoms with Crippen molar-refractivity contribution in [2.45, 2.75) is 25.3 Å². The minimum Gasteiger partial charge on any atom is -0.348 e. The van der Waals surface area contributed by atoms with E-state index in [0.717, 1.165) is 32.4 Å². The molecular formula is C13H16FIN2O. The fourth-order valence-electron chi connectivity index (χ4n) is 2.08. The highest BCUT2D eigenvalue weighted by Gasteiger charge is 2.17. The van der Waals surface area contributed by atoms with Crippen molar-refractivity contribution < 1.29 is 9.18 Å². The molecule has 1 atom stereocenters. The van der Waals surface area contributed by atoms with Crippen LogP contribution < -0.4 is 10.6 Å². The van der Waals surface area contributed by atoms with Crippen LogP contribution in [0.5, 0.6) is 0 Å². The Morgan fingerprint density at radius 2 is 2.28 bits per heavy atom. The summed E-state index contributed by atoms with van der Waals surface area (Å²) in [6, 6.07) is 4.40. The highest BCUT2D eigenvalue weighted by Crippen LogP contribution is 2.14. The zero-order valence-electron chi connectivity index (χ0n) is 10.0. The number of halogens is 2. The minimum absolute atomic E-state index is 0.117. The quantitative estimate of drug-likeness (QED) is 0.793. The van der Waals surface area contributed by atoms with E-state index >= 15 is 0 Å². The summed E-state index contributed by atoms with van der Waals surface area (Å²) in [6.07, 6.45) is 3.27. The first kappa shape index (κ1) is 13.7. The lowest BCUT2D eigenvalue weighted by Gasteiger charge is -2.16. The van der Waals surface area contributed by atoms with Crippen LogP contribution in [0.25, 0.3) is 0 Å². The average Bonchev–Trinajstić information content (AvgIpc) is 2.57. The summed E-state index contributed by atoms with van der Waals surface area (Å²) >= 11 is 1.99. The van der Waals surface area contributed by atoms with Crippen LogP contribution in [0.1, 0.15) is 29.6 Å². The van der Waals surface area contributed by atoms with Crippen LogP contribution in [-0.4, -0.2) is 25.0 Å². The van der Waals surface area contributed by atoms with Gasteiger partial charge < -0.3 is 10.6 Å². The standard InChI is InChI=1S/C13H16FIN2O/c14-9-4-5-11(12(15)7-9)13(18)17-10-3-1-2-6-16-8-10/h4-5,7,10,16H,1-3,6,8H2,(H,17,18). The zero-order valence-corrected chi connectivity index (χ0v) is 12.2. The highest BCUT2D eigenvalue weighted by molar-refractivity contribution is 14.1. The van der Waals surface area contributed by atoms with Gasteiger partial charge in [0, 0.05) is 16.2 Å². The molecule has 1 saturated heterocycles. The van der Waals surface area contributed by atoms with E-state index in [1.54, 1.807) is 0 Å². The molecule has 1 aliphatic rings. The zero-order chi connectivity index (χ0) is 13.0. The lowest BCUT2D eigenvalue weighted by atomic mass is 10.1. The van der Waals surface area contributed by atoms with E-state index in [4.69, 9.17) is 0 Å². The largest absolute Gasteiger partial charge is 0.348 e. The van der Waals surface area contributed by atoms with Crippen molar-refractivity contribution in [3.63, 3.8) is 0 Å². The second kappa shape index (κ2) is 6.47. The van der Waals surface area contributed by atoms with E-state index in [-0.39, 0.29) is 17.8 Å². The summed E-state index contributed by atoms with van der Waals surface area (Å²) in [7, 11) is 0. The Bertz CT molecular complexity index is 431. The van der Waals surface area contributed by atoms with Crippen molar-refractivity contribution in [3.8, 4) is 0 Å². The molecule has 1 amide bonds. The number of hydrogen-bond acceptors (Lipinski definition) is 2. The van der Waals surface area contributed by atoms with Crippen molar-refractivity contribution in [2.75, 3.05) is 13.1 Å². The maximum Gasteiger partial charge on any atom is 0.252 e. The van der Waals surface area contributed by atoms with Gasteiger partial charge in [-0.25, -0.2) is 4.39 Å². The summed E-state index contributed by atoms with van der Waals surface area (Å²) < 4.78 is 13.6. The molecule has 0 aliphatic carbocycles. The first-order valence-electron chi connectivity index (χ1n) is 6.13. The van der Waals surface area contributed by atoms with Crippen molar-refractivity contribution >= 4 is 28.5 Å². The van der Waals surface area contributed by atoms with Crippen LogP contribution in [-0.2, 0) is 0 Å². The molecule has 18 heavy (non-hydrogen) atoms. The molecule has 0 saturated carbocycles. The normalized spacial score (nSPS) is 20.2. The number of carbonyl (C=O) groups excluding carboxylic acids is 1. The van der Waals surface area contributed by atoms with Gasteiger partial charge in [0.05, 0.1) is 5.56 Å². The highest BCUT2D eigenvalue weighted by atomic mass is 127. The second-order valence-corrected chi connectivity index (χ2v) is 5.66. The number of carbonyl (C=O) groups is 1. The van der Waals surface area contributed by atoms with Gasteiger partial charge in [-0.3, -0.25) is 4.79 Å². The van der Waals surface area contributed by atoms with Gasteiger partial charge in [0.2, 0.25) is 0 Å². The van der Waals surface area contributed by atoms with E-state index in [0.29, 0.717) is 9.13 Å². The molecule has 0 aromatic heterocycles. The van der Waals surface area contributed by atoms with E-state index in [9.17, 15) is 9.18 Å². The first-order valence-corrected chi connectivity index (χ1v) is 7.21. The third-order valence-corrected chi connectivity index (χ3v) is 3.95. The molecule has 0 bridgehead atoms. The van der Waals surface area contributed by atoms with Crippen LogP contribution in [0.4, 0.5) is 4.39 Å². The van der Waals surface area contributed by atoms with Gasteiger partial charge in [0.15, 0.2) is 0 Å². The fraction of sp³-hybridized carbons (Fsp3) is 0.462. The van der Waals surface area contributed by atoms with Gasteiger partial charge in [-0.1, -0.05) is 6.42 Å². The number of nitrogens with one attached hydrogen (secondary N) is 2. The van der Waals surface area contributed by atoms with Gasteiger partial charge in [0.1, 0.15) is 5.82 Å². The summed E-state index contributed by atoms with van der Waals surface area (Å²) in [5, 5.41) is 6.31. The lowest BCUT2D eigenvalue weighted by Crippen LogP contribution is -2.41. The number of rotatable bonds is 2. The Hall–Kier alpha value is -0.690. The molecule has 1 aliphatic heterocycles. The van der Waals surface area contributed by atoms with Gasteiger partial charge in [-0.05, 0) is 60.2 Å². The van der Waals surface area contributed by atoms with Gasteiger partial charge in [0.25, 0.3) is 5.91 Å². The van der Waals surface area contributed by atoms with Gasteiger partial charge >= 0.3 is 0 Å². The third-order valence-electron chi connectivity index (χ3n) is 3.06. The molecular weight excluding hydrogens is 346 g/mol. The van der Waals surface area contributed by atoms with E-state index in [1.165, 1.54) is 18.2 Å². The predicted molar refractivity (Wildman–Crippen MR) is 77.1 cm³/mol. The monoisotopic (exact) mass is 362 g/mol. The fourth-order valence-corrected chi connectivity index (χ4v) is 2.80. The molecule has 2 rings (SSSR count). The van der Waals surface area contributed by atoms with Crippen LogP contribution >= 0.6 is 22.6 Å². The van der Waals surface area contributed by atoms with Gasteiger partial charge in [-0.15, -0.1) is 0 Å². The van der Waals surface area contributed by atoms with Gasteiger partial charge in [-0.2, -0.15) is 0 Å². The van der Waals surface area contributed by atoms with Crippen molar-refractivity contribution in [2.24, 2.45) is 0 Å². The Kier molecular flexibility index (Phi) is 4.94. The van der Waals surface area contributed by atoms with Crippen LogP contribution in [0, 0.1) is 9.39 Å².